The van der Waals surface area contributed by atoms with Crippen molar-refractivity contribution in [2.24, 2.45) is 11.7 Å². The van der Waals surface area contributed by atoms with Crippen LogP contribution in [0.1, 0.15) is 29.0 Å². The van der Waals surface area contributed by atoms with Crippen molar-refractivity contribution in [2.45, 2.75) is 25.8 Å². The minimum Gasteiger partial charge on any atom is -0.346 e. The molecule has 25 heavy (non-hydrogen) atoms. The molecule has 2 heterocycles. The van der Waals surface area contributed by atoms with Gasteiger partial charge in [0.2, 0.25) is 0 Å². The maximum atomic E-state index is 12.6. The first-order valence-electron chi connectivity index (χ1n) is 8.46. The van der Waals surface area contributed by atoms with Gasteiger partial charge < -0.3 is 11.1 Å². The molecule has 1 saturated carbocycles. The van der Waals surface area contributed by atoms with Crippen LogP contribution in [0, 0.1) is 12.8 Å². The predicted octanol–water partition coefficient (Wildman–Crippen LogP) is 1.59. The molecule has 0 radical (unpaired) electrons. The van der Waals surface area contributed by atoms with Gasteiger partial charge in [0, 0.05) is 24.2 Å². The average Bonchev–Trinajstić information content (AvgIpc) is 3.41. The second-order valence-corrected chi connectivity index (χ2v) is 6.44. The van der Waals surface area contributed by atoms with Crippen LogP contribution in [0.4, 0.5) is 0 Å². The summed E-state index contributed by atoms with van der Waals surface area (Å²) in [6.45, 7) is 2.29. The van der Waals surface area contributed by atoms with E-state index in [-0.39, 0.29) is 11.9 Å². The molecule has 3 aromatic rings. The molecule has 1 unspecified atom stereocenters. The second kappa shape index (κ2) is 6.25. The Kier molecular flexibility index (Phi) is 3.93. The molecule has 7 nitrogen and oxygen atoms in total. The van der Waals surface area contributed by atoms with Gasteiger partial charge in [-0.25, -0.2) is 4.68 Å². The Bertz CT molecular complexity index is 925. The summed E-state index contributed by atoms with van der Waals surface area (Å²) in [7, 11) is 0. The number of aromatic nitrogens is 4. The number of carbonyl (C=O) groups is 1. The number of nitrogens with zero attached hydrogens (tertiary/aromatic N) is 4. The number of nitrogens with one attached hydrogen (secondary N) is 1. The van der Waals surface area contributed by atoms with Gasteiger partial charge in [-0.2, -0.15) is 0 Å². The summed E-state index contributed by atoms with van der Waals surface area (Å²) >= 11 is 0. The Morgan fingerprint density at radius 3 is 2.96 bits per heavy atom. The van der Waals surface area contributed by atoms with Crippen LogP contribution in [0.3, 0.4) is 0 Å². The van der Waals surface area contributed by atoms with Crippen LogP contribution in [0.25, 0.3) is 16.6 Å². The average molecular weight is 336 g/mol. The highest BCUT2D eigenvalue weighted by Crippen LogP contribution is 2.32. The third-order valence-corrected chi connectivity index (χ3v) is 4.72. The number of hydrogen-bond donors (Lipinski definition) is 2. The zero-order valence-electron chi connectivity index (χ0n) is 14.0. The molecule has 0 spiro atoms. The Morgan fingerprint density at radius 2 is 2.20 bits per heavy atom. The number of pyridine rings is 1. The van der Waals surface area contributed by atoms with Crippen LogP contribution in [-0.2, 0) is 0 Å². The summed E-state index contributed by atoms with van der Waals surface area (Å²) < 4.78 is 1.69. The highest BCUT2D eigenvalue weighted by atomic mass is 16.2. The van der Waals surface area contributed by atoms with Gasteiger partial charge in [0.15, 0.2) is 5.69 Å². The molecule has 0 saturated heterocycles. The third-order valence-electron chi connectivity index (χ3n) is 4.72. The quantitative estimate of drug-likeness (QED) is 0.737. The van der Waals surface area contributed by atoms with Gasteiger partial charge in [0.05, 0.1) is 16.9 Å². The fourth-order valence-corrected chi connectivity index (χ4v) is 3.14. The summed E-state index contributed by atoms with van der Waals surface area (Å²) in [5, 5.41) is 12.3. The number of fused-ring (bicyclic) bond motifs is 1. The zero-order valence-corrected chi connectivity index (χ0v) is 14.0. The van der Waals surface area contributed by atoms with Crippen molar-refractivity contribution < 1.29 is 4.79 Å². The molecule has 1 aliphatic rings. The monoisotopic (exact) mass is 336 g/mol. The van der Waals surface area contributed by atoms with E-state index < -0.39 is 0 Å². The van der Waals surface area contributed by atoms with E-state index in [2.05, 4.69) is 20.6 Å². The van der Waals surface area contributed by atoms with Crippen molar-refractivity contribution in [3.05, 3.63) is 47.9 Å². The molecule has 1 fully saturated rings. The maximum Gasteiger partial charge on any atom is 0.274 e. The maximum absolute atomic E-state index is 12.6. The number of carbonyl (C=O) groups excluding carboxylic acids is 1. The van der Waals surface area contributed by atoms with Crippen molar-refractivity contribution in [3.8, 4) is 5.69 Å². The molecule has 0 bridgehead atoms. The van der Waals surface area contributed by atoms with E-state index >= 15 is 0 Å². The van der Waals surface area contributed by atoms with Crippen molar-refractivity contribution in [3.63, 3.8) is 0 Å². The number of benzene rings is 1. The molecular formula is C18H20N6O. The smallest absolute Gasteiger partial charge is 0.274 e. The van der Waals surface area contributed by atoms with Crippen LogP contribution >= 0.6 is 0 Å². The first kappa shape index (κ1) is 15.7. The Labute approximate surface area is 145 Å². The minimum atomic E-state index is -0.218. The van der Waals surface area contributed by atoms with Crippen molar-refractivity contribution >= 4 is 16.8 Å². The molecule has 3 N–H and O–H groups in total. The van der Waals surface area contributed by atoms with Crippen LogP contribution in [-0.4, -0.2) is 38.5 Å². The van der Waals surface area contributed by atoms with Crippen molar-refractivity contribution in [1.82, 2.24) is 25.3 Å². The van der Waals surface area contributed by atoms with Gasteiger partial charge >= 0.3 is 0 Å². The molecular weight excluding hydrogens is 316 g/mol. The fraction of sp³-hybridized carbons (Fsp3) is 0.333. The van der Waals surface area contributed by atoms with Crippen LogP contribution in [0.15, 0.2) is 36.5 Å². The van der Waals surface area contributed by atoms with Gasteiger partial charge in [0.25, 0.3) is 5.91 Å². The Balaban J connectivity index is 1.67. The highest BCUT2D eigenvalue weighted by molar-refractivity contribution is 5.94. The topological polar surface area (TPSA) is 98.7 Å². The Hall–Kier alpha value is -2.80. The van der Waals surface area contributed by atoms with Gasteiger partial charge in [0.1, 0.15) is 0 Å². The van der Waals surface area contributed by atoms with Gasteiger partial charge in [-0.1, -0.05) is 11.3 Å². The molecule has 7 heteroatoms. The van der Waals surface area contributed by atoms with E-state index in [1.54, 1.807) is 10.9 Å². The number of nitrogens with two attached hydrogens (primary N) is 1. The van der Waals surface area contributed by atoms with E-state index in [0.29, 0.717) is 23.9 Å². The summed E-state index contributed by atoms with van der Waals surface area (Å²) in [6, 6.07) is 9.69. The molecule has 4 rings (SSSR count). The normalized spacial score (nSPS) is 15.3. The molecule has 2 aromatic heterocycles. The number of rotatable bonds is 5. The van der Waals surface area contributed by atoms with Gasteiger partial charge in [-0.05, 0) is 49.9 Å². The first-order chi connectivity index (χ1) is 12.2. The van der Waals surface area contributed by atoms with Gasteiger partial charge in [-0.3, -0.25) is 9.78 Å². The predicted molar refractivity (Wildman–Crippen MR) is 94.4 cm³/mol. The third kappa shape index (κ3) is 2.87. The lowest BCUT2D eigenvalue weighted by atomic mass is 10.1. The van der Waals surface area contributed by atoms with Crippen LogP contribution in [0.5, 0.6) is 0 Å². The van der Waals surface area contributed by atoms with Gasteiger partial charge in [-0.15, -0.1) is 5.10 Å². The fourth-order valence-electron chi connectivity index (χ4n) is 3.14. The van der Waals surface area contributed by atoms with Crippen LogP contribution < -0.4 is 11.1 Å². The van der Waals surface area contributed by atoms with E-state index in [9.17, 15) is 4.79 Å². The first-order valence-corrected chi connectivity index (χ1v) is 8.46. The lowest BCUT2D eigenvalue weighted by Gasteiger charge is -2.15. The summed E-state index contributed by atoms with van der Waals surface area (Å²) in [5.74, 6) is 0.276. The zero-order chi connectivity index (χ0) is 17.4. The highest BCUT2D eigenvalue weighted by Gasteiger charge is 2.32. The van der Waals surface area contributed by atoms with Crippen molar-refractivity contribution in [1.29, 1.82) is 0 Å². The summed E-state index contributed by atoms with van der Waals surface area (Å²) in [6.07, 6.45) is 4.00. The Morgan fingerprint density at radius 1 is 1.36 bits per heavy atom. The number of hydrogen-bond acceptors (Lipinski definition) is 5. The summed E-state index contributed by atoms with van der Waals surface area (Å²) in [5.41, 5.74) is 8.53. The largest absolute Gasteiger partial charge is 0.346 e. The molecule has 1 atom stereocenters. The second-order valence-electron chi connectivity index (χ2n) is 6.44. The van der Waals surface area contributed by atoms with E-state index in [1.807, 2.05) is 37.3 Å². The molecule has 1 aliphatic carbocycles. The summed E-state index contributed by atoms with van der Waals surface area (Å²) in [4.78, 5) is 16.9. The van der Waals surface area contributed by atoms with Crippen molar-refractivity contribution in [2.75, 3.05) is 6.54 Å². The van der Waals surface area contributed by atoms with Crippen LogP contribution in [0.2, 0.25) is 0 Å². The lowest BCUT2D eigenvalue weighted by Crippen LogP contribution is -2.42. The number of amides is 1. The molecule has 0 aliphatic heterocycles. The minimum absolute atomic E-state index is 0.0128. The lowest BCUT2D eigenvalue weighted by molar-refractivity contribution is 0.0927. The SMILES string of the molecule is Cc1c(C(=O)NC(CN)C2CC2)nnn1-c1cccc2ncccc12. The van der Waals surface area contributed by atoms with E-state index in [1.165, 1.54) is 0 Å². The van der Waals surface area contributed by atoms with E-state index in [0.717, 1.165) is 29.4 Å². The molecule has 1 amide bonds. The molecule has 128 valence electrons. The molecule has 1 aromatic carbocycles. The standard InChI is InChI=1S/C18H20N6O/c1-11-17(18(25)21-15(10-19)12-7-8-12)22-23-24(11)16-6-2-5-14-13(16)4-3-9-20-14/h2-6,9,12,15H,7-8,10,19H2,1H3,(H,21,25). The van der Waals surface area contributed by atoms with E-state index in [4.69, 9.17) is 5.73 Å².